The van der Waals surface area contributed by atoms with E-state index in [1.165, 1.54) is 0 Å². The van der Waals surface area contributed by atoms with Crippen LogP contribution < -0.4 is 9.64 Å². The normalized spacial score (nSPS) is 24.9. The number of benzene rings is 2. The van der Waals surface area contributed by atoms with Crippen molar-refractivity contribution in [1.29, 1.82) is 0 Å². The van der Waals surface area contributed by atoms with Crippen molar-refractivity contribution in [2.75, 3.05) is 37.7 Å². The van der Waals surface area contributed by atoms with Crippen LogP contribution in [0.5, 0.6) is 11.8 Å². The summed E-state index contributed by atoms with van der Waals surface area (Å²) in [4.78, 5) is 34.7. The summed E-state index contributed by atoms with van der Waals surface area (Å²) in [5.41, 5.74) is 2.42. The zero-order valence-corrected chi connectivity index (χ0v) is 29.1. The number of aromatic hydroxyl groups is 1. The van der Waals surface area contributed by atoms with E-state index in [-0.39, 0.29) is 35.5 Å². The van der Waals surface area contributed by atoms with Crippen molar-refractivity contribution < 1.29 is 23.8 Å². The van der Waals surface area contributed by atoms with Gasteiger partial charge in [-0.3, -0.25) is 14.8 Å². The van der Waals surface area contributed by atoms with Crippen LogP contribution in [0.1, 0.15) is 64.1 Å². The molecule has 0 spiro atoms. The highest BCUT2D eigenvalue weighted by atomic mass is 19.1. The van der Waals surface area contributed by atoms with E-state index in [0.717, 1.165) is 48.4 Å². The van der Waals surface area contributed by atoms with Gasteiger partial charge in [0.15, 0.2) is 0 Å². The van der Waals surface area contributed by atoms with Crippen molar-refractivity contribution in [1.82, 2.24) is 24.8 Å². The van der Waals surface area contributed by atoms with E-state index < -0.39 is 11.8 Å². The number of anilines is 1. The average molecular weight is 679 g/mol. The smallest absolute Gasteiger partial charge is 0.410 e. The number of terminal acetylenes is 1. The Labute approximate surface area is 291 Å². The molecule has 11 heteroatoms. The number of rotatable bonds is 5. The Kier molecular flexibility index (Phi) is 7.79. The molecule has 260 valence electrons. The molecule has 4 atom stereocenters. The van der Waals surface area contributed by atoms with Crippen LogP contribution in [0.15, 0.2) is 36.4 Å². The molecule has 0 aliphatic carbocycles. The van der Waals surface area contributed by atoms with Crippen molar-refractivity contribution >= 4 is 33.6 Å². The second-order valence-electron chi connectivity index (χ2n) is 15.4. The average Bonchev–Trinajstić information content (AvgIpc) is 3.68. The Hall–Kier alpha value is -4.69. The number of alkyl halides is 1. The first-order chi connectivity index (χ1) is 23.9. The number of aromatic nitrogens is 3. The van der Waals surface area contributed by atoms with Crippen LogP contribution in [0.2, 0.25) is 0 Å². The number of phenolic OH excluding ortho intramolecular Hbond substituents is 1. The molecule has 1 amide bonds. The molecule has 2 unspecified atom stereocenters. The van der Waals surface area contributed by atoms with Crippen LogP contribution in [0.3, 0.4) is 0 Å². The molecule has 1 N–H and O–H groups in total. The molecule has 2 aromatic heterocycles. The molecule has 4 fully saturated rings. The number of ether oxygens (including phenoxy) is 2. The van der Waals surface area contributed by atoms with Gasteiger partial charge in [0.2, 0.25) is 0 Å². The van der Waals surface area contributed by atoms with Gasteiger partial charge < -0.3 is 19.5 Å². The third kappa shape index (κ3) is 5.63. The number of piperazine rings is 1. The van der Waals surface area contributed by atoms with E-state index in [1.54, 1.807) is 12.1 Å². The number of carbonyl (C=O) groups excluding carboxylic acids is 1. The third-order valence-corrected chi connectivity index (χ3v) is 10.8. The number of amides is 1. The standard InChI is InChI=1S/C39H43FN6O4/c1-6-24-9-7-10-25-15-29(47)16-30(34(24)25)31-17-32-33(23(2)41-31)35(43-36(42-32)49-22-39-13-8-14-45(39)19-26(40)18-39)44-20-27-11-12-28(21-44)46(27)37(48)50-38(3,4)5/h1,7,9-10,15-17,26-28,47H,8,11-14,18-22H2,2-5H3/t26-,27?,28?,39+/m1/s1. The zero-order chi connectivity index (χ0) is 34.9. The maximum atomic E-state index is 14.6. The molecule has 2 aromatic carbocycles. The molecule has 8 rings (SSSR count). The maximum Gasteiger partial charge on any atom is 0.410 e. The molecular formula is C39H43FN6O4. The predicted octanol–water partition coefficient (Wildman–Crippen LogP) is 6.38. The molecule has 4 aliphatic rings. The molecule has 4 aliphatic heterocycles. The van der Waals surface area contributed by atoms with Gasteiger partial charge in [-0.2, -0.15) is 9.97 Å². The second-order valence-corrected chi connectivity index (χ2v) is 15.4. The van der Waals surface area contributed by atoms with Crippen molar-refractivity contribution in [2.45, 2.75) is 89.2 Å². The SMILES string of the molecule is C#Cc1cccc2cc(O)cc(-c3cc4nc(OC[C@@]56CCCN5C[C@H](F)C6)nc(N5CC6CCC(C5)N6C(=O)OC(C)(C)C)c4c(C)n3)c12. The lowest BCUT2D eigenvalue weighted by Crippen LogP contribution is -2.57. The van der Waals surface area contributed by atoms with Gasteiger partial charge in [0.1, 0.15) is 29.9 Å². The molecule has 2 bridgehead atoms. The van der Waals surface area contributed by atoms with E-state index in [0.29, 0.717) is 66.5 Å². The largest absolute Gasteiger partial charge is 0.508 e. The van der Waals surface area contributed by atoms with Gasteiger partial charge in [0.25, 0.3) is 0 Å². The van der Waals surface area contributed by atoms with Crippen molar-refractivity contribution in [3.8, 4) is 35.4 Å². The van der Waals surface area contributed by atoms with Gasteiger partial charge >= 0.3 is 12.1 Å². The highest BCUT2D eigenvalue weighted by Crippen LogP contribution is 2.42. The fourth-order valence-electron chi connectivity index (χ4n) is 8.80. The number of phenols is 1. The lowest BCUT2D eigenvalue weighted by Gasteiger charge is -2.42. The summed E-state index contributed by atoms with van der Waals surface area (Å²) in [6.45, 7) is 10.4. The Balaban J connectivity index is 1.22. The maximum absolute atomic E-state index is 14.6. The van der Waals surface area contributed by atoms with Gasteiger partial charge in [-0.1, -0.05) is 18.1 Å². The lowest BCUT2D eigenvalue weighted by molar-refractivity contribution is 0.0122. The summed E-state index contributed by atoms with van der Waals surface area (Å²) in [6, 6.07) is 11.1. The van der Waals surface area contributed by atoms with E-state index in [9.17, 15) is 14.3 Å². The van der Waals surface area contributed by atoms with Crippen LogP contribution in [-0.4, -0.2) is 98.1 Å². The first-order valence-electron chi connectivity index (χ1n) is 17.6. The highest BCUT2D eigenvalue weighted by molar-refractivity contribution is 6.03. The van der Waals surface area contributed by atoms with Crippen molar-refractivity contribution in [2.24, 2.45) is 0 Å². The molecule has 10 nitrogen and oxygen atoms in total. The first kappa shape index (κ1) is 32.5. The monoisotopic (exact) mass is 678 g/mol. The molecule has 0 saturated carbocycles. The Morgan fingerprint density at radius 3 is 2.62 bits per heavy atom. The van der Waals surface area contributed by atoms with Gasteiger partial charge in [-0.25, -0.2) is 9.18 Å². The van der Waals surface area contributed by atoms with Gasteiger partial charge in [-0.05, 0) is 89.6 Å². The van der Waals surface area contributed by atoms with E-state index in [1.807, 2.05) is 56.9 Å². The second kappa shape index (κ2) is 12.0. The third-order valence-electron chi connectivity index (χ3n) is 10.8. The van der Waals surface area contributed by atoms with Crippen LogP contribution in [0.4, 0.5) is 15.0 Å². The molecule has 6 heterocycles. The Bertz CT molecular complexity index is 2040. The van der Waals surface area contributed by atoms with Crippen molar-refractivity contribution in [3.05, 3.63) is 47.7 Å². The summed E-state index contributed by atoms with van der Waals surface area (Å²) in [6.07, 6.45) is 8.85. The fraction of sp³-hybridized carbons (Fsp3) is 0.487. The number of pyridine rings is 1. The van der Waals surface area contributed by atoms with Crippen molar-refractivity contribution in [3.63, 3.8) is 0 Å². The Morgan fingerprint density at radius 2 is 1.88 bits per heavy atom. The molecule has 0 radical (unpaired) electrons. The summed E-state index contributed by atoms with van der Waals surface area (Å²) in [5.74, 6) is 3.59. The molecule has 4 saturated heterocycles. The number of fused-ring (bicyclic) bond motifs is 5. The lowest BCUT2D eigenvalue weighted by atomic mass is 9.95. The predicted molar refractivity (Wildman–Crippen MR) is 190 cm³/mol. The number of carbonyl (C=O) groups is 1. The summed E-state index contributed by atoms with van der Waals surface area (Å²) < 4.78 is 26.9. The summed E-state index contributed by atoms with van der Waals surface area (Å²) in [7, 11) is 0. The highest BCUT2D eigenvalue weighted by Gasteiger charge is 2.50. The minimum atomic E-state index is -0.870. The topological polar surface area (TPSA) is 104 Å². The zero-order valence-electron chi connectivity index (χ0n) is 29.1. The minimum Gasteiger partial charge on any atom is -0.508 e. The van der Waals surface area contributed by atoms with E-state index >= 15 is 0 Å². The van der Waals surface area contributed by atoms with Crippen LogP contribution in [0.25, 0.3) is 32.9 Å². The number of hydrogen-bond acceptors (Lipinski definition) is 9. The quantitative estimate of drug-likeness (QED) is 0.241. The summed E-state index contributed by atoms with van der Waals surface area (Å²) in [5, 5.41) is 13.1. The van der Waals surface area contributed by atoms with Gasteiger partial charge in [0, 0.05) is 42.6 Å². The van der Waals surface area contributed by atoms with E-state index in [4.69, 9.17) is 30.8 Å². The first-order valence-corrected chi connectivity index (χ1v) is 17.6. The van der Waals surface area contributed by atoms with Gasteiger partial charge in [-0.15, -0.1) is 6.42 Å². The summed E-state index contributed by atoms with van der Waals surface area (Å²) >= 11 is 0. The molecule has 4 aromatic rings. The minimum absolute atomic E-state index is 0.0303. The Morgan fingerprint density at radius 1 is 1.10 bits per heavy atom. The van der Waals surface area contributed by atoms with Crippen LogP contribution in [-0.2, 0) is 4.74 Å². The van der Waals surface area contributed by atoms with Crippen LogP contribution >= 0.6 is 0 Å². The number of aryl methyl sites for hydroxylation is 1. The van der Waals surface area contributed by atoms with Crippen LogP contribution in [0, 0.1) is 19.3 Å². The fourth-order valence-corrected chi connectivity index (χ4v) is 8.80. The van der Waals surface area contributed by atoms with Gasteiger partial charge in [0.05, 0.1) is 39.9 Å². The number of nitrogens with zero attached hydrogens (tertiary/aromatic N) is 6. The number of hydrogen-bond donors (Lipinski definition) is 1. The molecule has 50 heavy (non-hydrogen) atoms. The van der Waals surface area contributed by atoms with E-state index in [2.05, 4.69) is 15.7 Å². The molecular weight excluding hydrogens is 635 g/mol. The number of halogens is 1.